The molecule has 4 rings (SSSR count). The molecule has 6 heteroatoms. The van der Waals surface area contributed by atoms with Crippen LogP contribution in [0, 0.1) is 25.2 Å². The molecular weight excluding hydrogens is 328 g/mol. The van der Waals surface area contributed by atoms with Crippen LogP contribution in [-0.2, 0) is 17.9 Å². The number of pyridine rings is 1. The topological polar surface area (TPSA) is 62.5 Å². The highest BCUT2D eigenvalue weighted by atomic mass is 16.5. The summed E-state index contributed by atoms with van der Waals surface area (Å²) in [6, 6.07) is 3.96. The number of rotatable bonds is 4. The van der Waals surface area contributed by atoms with Crippen molar-refractivity contribution >= 4 is 5.91 Å². The van der Waals surface area contributed by atoms with Crippen molar-refractivity contribution in [2.24, 2.45) is 11.3 Å². The van der Waals surface area contributed by atoms with Crippen LogP contribution in [0.25, 0.3) is 0 Å². The van der Waals surface area contributed by atoms with Crippen LogP contribution in [-0.4, -0.2) is 45.5 Å². The molecule has 2 fully saturated rings. The lowest BCUT2D eigenvalue weighted by Gasteiger charge is -2.27. The first-order valence-corrected chi connectivity index (χ1v) is 9.32. The summed E-state index contributed by atoms with van der Waals surface area (Å²) in [7, 11) is 0. The Morgan fingerprint density at radius 2 is 2.19 bits per heavy atom. The minimum atomic E-state index is -0.249. The van der Waals surface area contributed by atoms with Gasteiger partial charge in [-0.1, -0.05) is 18.1 Å². The number of amides is 1. The van der Waals surface area contributed by atoms with Gasteiger partial charge in [-0.2, -0.15) is 0 Å². The second-order valence-electron chi connectivity index (χ2n) is 7.87. The molecule has 0 saturated carbocycles. The van der Waals surface area contributed by atoms with Gasteiger partial charge in [0.1, 0.15) is 5.76 Å². The Labute approximate surface area is 154 Å². The van der Waals surface area contributed by atoms with Crippen LogP contribution in [0.3, 0.4) is 0 Å². The lowest BCUT2D eigenvalue weighted by Crippen LogP contribution is -2.39. The van der Waals surface area contributed by atoms with Gasteiger partial charge in [-0.3, -0.25) is 14.7 Å². The third kappa shape index (κ3) is 2.82. The van der Waals surface area contributed by atoms with Crippen molar-refractivity contribution in [2.75, 3.05) is 19.6 Å². The number of aromatic nitrogens is 2. The Hall–Kier alpha value is -2.21. The van der Waals surface area contributed by atoms with Gasteiger partial charge < -0.3 is 9.42 Å². The van der Waals surface area contributed by atoms with Gasteiger partial charge in [-0.15, -0.1) is 0 Å². The average Bonchev–Trinajstić information content (AvgIpc) is 3.24. The van der Waals surface area contributed by atoms with Crippen molar-refractivity contribution in [3.8, 4) is 0 Å². The molecule has 0 N–H and O–H groups in total. The fourth-order valence-corrected chi connectivity index (χ4v) is 4.58. The summed E-state index contributed by atoms with van der Waals surface area (Å²) < 4.78 is 5.30. The third-order valence-corrected chi connectivity index (χ3v) is 6.18. The predicted octanol–water partition coefficient (Wildman–Crippen LogP) is 2.56. The van der Waals surface area contributed by atoms with Gasteiger partial charge in [0, 0.05) is 50.7 Å². The highest BCUT2D eigenvalue weighted by molar-refractivity contribution is 5.86. The lowest BCUT2D eigenvalue weighted by molar-refractivity contribution is -0.137. The molecule has 2 aromatic rings. The zero-order chi connectivity index (χ0) is 18.3. The maximum Gasteiger partial charge on any atom is 0.230 e. The Bertz CT molecular complexity index is 784. The molecule has 2 aromatic heterocycles. The second-order valence-corrected chi connectivity index (χ2v) is 7.87. The van der Waals surface area contributed by atoms with E-state index in [4.69, 9.17) is 4.52 Å². The number of carbonyl (C=O) groups excluding carboxylic acids is 1. The normalized spacial score (nSPS) is 26.3. The third-order valence-electron chi connectivity index (χ3n) is 6.18. The van der Waals surface area contributed by atoms with Crippen LogP contribution in [0.5, 0.6) is 0 Å². The summed E-state index contributed by atoms with van der Waals surface area (Å²) in [6.45, 7) is 10.2. The standard InChI is InChI=1S/C20H26N4O2/c1-14-10-23(12-18-15(2)22-26-16(18)3)13-20(14)6-8-24(19(20)25)11-17-5-4-7-21-9-17/h4-5,7,9,14H,6,8,10-13H2,1-3H3/t14-,20-/m0/s1. The van der Waals surface area contributed by atoms with Crippen LogP contribution in [0.4, 0.5) is 0 Å². The number of hydrogen-bond donors (Lipinski definition) is 0. The molecule has 6 nitrogen and oxygen atoms in total. The fourth-order valence-electron chi connectivity index (χ4n) is 4.58. The SMILES string of the molecule is Cc1noc(C)c1CN1C[C@H](C)[C@]2(CCN(Cc3cccnc3)C2=O)C1. The van der Waals surface area contributed by atoms with Crippen LogP contribution in [0.15, 0.2) is 29.0 Å². The molecule has 0 radical (unpaired) electrons. The number of likely N-dealkylation sites (tertiary alicyclic amines) is 2. The lowest BCUT2D eigenvalue weighted by atomic mass is 9.78. The summed E-state index contributed by atoms with van der Waals surface area (Å²) >= 11 is 0. The minimum Gasteiger partial charge on any atom is -0.361 e. The van der Waals surface area contributed by atoms with Crippen LogP contribution in [0.2, 0.25) is 0 Å². The zero-order valence-electron chi connectivity index (χ0n) is 15.7. The maximum atomic E-state index is 13.3. The first-order chi connectivity index (χ1) is 12.5. The molecular formula is C20H26N4O2. The summed E-state index contributed by atoms with van der Waals surface area (Å²) in [5.74, 6) is 1.54. The molecule has 2 saturated heterocycles. The van der Waals surface area contributed by atoms with Gasteiger partial charge in [0.15, 0.2) is 0 Å². The van der Waals surface area contributed by atoms with Crippen LogP contribution >= 0.6 is 0 Å². The molecule has 0 bridgehead atoms. The van der Waals surface area contributed by atoms with Crippen molar-refractivity contribution in [2.45, 2.75) is 40.3 Å². The van der Waals surface area contributed by atoms with Gasteiger partial charge in [0.2, 0.25) is 5.91 Å². The highest BCUT2D eigenvalue weighted by Crippen LogP contribution is 2.45. The first kappa shape index (κ1) is 17.2. The molecule has 0 aliphatic carbocycles. The van der Waals surface area contributed by atoms with E-state index in [9.17, 15) is 4.79 Å². The molecule has 2 aliphatic rings. The van der Waals surface area contributed by atoms with E-state index >= 15 is 0 Å². The minimum absolute atomic E-state index is 0.249. The summed E-state index contributed by atoms with van der Waals surface area (Å²) in [5, 5.41) is 4.06. The van der Waals surface area contributed by atoms with Crippen molar-refractivity contribution in [1.82, 2.24) is 19.9 Å². The summed E-state index contributed by atoms with van der Waals surface area (Å²) in [5.41, 5.74) is 2.95. The van der Waals surface area contributed by atoms with E-state index < -0.39 is 0 Å². The molecule has 4 heterocycles. The number of hydrogen-bond acceptors (Lipinski definition) is 5. The van der Waals surface area contributed by atoms with Gasteiger partial charge in [-0.25, -0.2) is 0 Å². The first-order valence-electron chi connectivity index (χ1n) is 9.32. The van der Waals surface area contributed by atoms with Crippen molar-refractivity contribution in [3.63, 3.8) is 0 Å². The Kier molecular flexibility index (Phi) is 4.31. The van der Waals surface area contributed by atoms with Crippen LogP contribution < -0.4 is 0 Å². The maximum absolute atomic E-state index is 13.3. The van der Waals surface area contributed by atoms with E-state index in [-0.39, 0.29) is 5.41 Å². The molecule has 2 atom stereocenters. The van der Waals surface area contributed by atoms with E-state index in [1.807, 2.05) is 37.1 Å². The van der Waals surface area contributed by atoms with Gasteiger partial charge in [0.25, 0.3) is 0 Å². The van der Waals surface area contributed by atoms with Gasteiger partial charge >= 0.3 is 0 Å². The molecule has 1 spiro atoms. The molecule has 0 aromatic carbocycles. The largest absolute Gasteiger partial charge is 0.361 e. The molecule has 0 unspecified atom stereocenters. The molecule has 1 amide bonds. The van der Waals surface area contributed by atoms with Gasteiger partial charge in [0.05, 0.1) is 11.1 Å². The quantitative estimate of drug-likeness (QED) is 0.844. The smallest absolute Gasteiger partial charge is 0.230 e. The van der Waals surface area contributed by atoms with Crippen molar-refractivity contribution < 1.29 is 9.32 Å². The van der Waals surface area contributed by atoms with E-state index in [0.29, 0.717) is 18.4 Å². The Balaban J connectivity index is 1.48. The Morgan fingerprint density at radius 3 is 2.88 bits per heavy atom. The van der Waals surface area contributed by atoms with Gasteiger partial charge in [-0.05, 0) is 37.8 Å². The number of carbonyl (C=O) groups is 1. The predicted molar refractivity (Wildman–Crippen MR) is 97.1 cm³/mol. The van der Waals surface area contributed by atoms with Crippen LogP contribution in [0.1, 0.15) is 35.9 Å². The summed E-state index contributed by atoms with van der Waals surface area (Å²) in [4.78, 5) is 21.8. The monoisotopic (exact) mass is 354 g/mol. The van der Waals surface area contributed by atoms with E-state index in [0.717, 1.165) is 55.2 Å². The molecule has 26 heavy (non-hydrogen) atoms. The highest BCUT2D eigenvalue weighted by Gasteiger charge is 2.54. The van der Waals surface area contributed by atoms with Crippen molar-refractivity contribution in [1.29, 1.82) is 0 Å². The zero-order valence-corrected chi connectivity index (χ0v) is 15.7. The summed E-state index contributed by atoms with van der Waals surface area (Å²) in [6.07, 6.45) is 4.55. The number of aryl methyl sites for hydroxylation is 2. The van der Waals surface area contributed by atoms with Crippen molar-refractivity contribution in [3.05, 3.63) is 47.1 Å². The number of nitrogens with zero attached hydrogens (tertiary/aromatic N) is 4. The average molecular weight is 354 g/mol. The molecule has 138 valence electrons. The van der Waals surface area contributed by atoms with E-state index in [1.165, 1.54) is 0 Å². The fraction of sp³-hybridized carbons (Fsp3) is 0.550. The Morgan fingerprint density at radius 1 is 1.35 bits per heavy atom. The van der Waals surface area contributed by atoms with E-state index in [1.54, 1.807) is 6.20 Å². The molecule has 2 aliphatic heterocycles. The second kappa shape index (κ2) is 6.50. The van der Waals surface area contributed by atoms with E-state index in [2.05, 4.69) is 22.0 Å².